The van der Waals surface area contributed by atoms with Gasteiger partial charge < -0.3 is 9.30 Å². The maximum Gasteiger partial charge on any atom is 0.155 e. The Labute approximate surface area is 122 Å². The zero-order valence-corrected chi connectivity index (χ0v) is 13.3. The zero-order chi connectivity index (χ0) is 13.1. The first-order chi connectivity index (χ1) is 8.59. The fraction of sp³-hybridized carbons (Fsp3) is 0.417. The lowest BCUT2D eigenvalue weighted by Crippen LogP contribution is -2.11. The van der Waals surface area contributed by atoms with E-state index in [0.29, 0.717) is 21.2 Å². The molecule has 6 heteroatoms. The van der Waals surface area contributed by atoms with Crippen LogP contribution < -0.4 is 0 Å². The number of rotatable bonds is 5. The molecule has 0 amide bonds. The van der Waals surface area contributed by atoms with Gasteiger partial charge in [-0.1, -0.05) is 0 Å². The van der Waals surface area contributed by atoms with Crippen molar-refractivity contribution in [3.63, 3.8) is 0 Å². The van der Waals surface area contributed by atoms with Crippen LogP contribution in [0.3, 0.4) is 0 Å². The normalized spacial score (nSPS) is 11.6. The first-order valence-electron chi connectivity index (χ1n) is 5.50. The molecule has 0 unspecified atom stereocenters. The molecular formula is C12H15FIN2OS+. The van der Waals surface area contributed by atoms with Crippen LogP contribution in [-0.4, -0.2) is 34.4 Å². The number of halogens is 2. The van der Waals surface area contributed by atoms with Crippen LogP contribution in [0, 0.1) is 9.39 Å². The molecule has 0 saturated heterocycles. The fourth-order valence-electron chi connectivity index (χ4n) is 1.58. The Hall–Kier alpha value is -0.340. The topological polar surface area (TPSA) is 27.1 Å². The highest BCUT2D eigenvalue weighted by molar-refractivity contribution is 14.1. The van der Waals surface area contributed by atoms with Crippen molar-refractivity contribution in [2.45, 2.75) is 6.73 Å². The van der Waals surface area contributed by atoms with Crippen molar-refractivity contribution < 1.29 is 9.13 Å². The van der Waals surface area contributed by atoms with E-state index in [2.05, 4.69) is 17.5 Å². The molecule has 2 aromatic heterocycles. The molecule has 0 aliphatic rings. The van der Waals surface area contributed by atoms with Crippen molar-refractivity contribution in [1.29, 1.82) is 0 Å². The molecule has 2 heterocycles. The second-order valence-corrected chi connectivity index (χ2v) is 7.63. The van der Waals surface area contributed by atoms with Crippen LogP contribution in [0.5, 0.6) is 0 Å². The summed E-state index contributed by atoms with van der Waals surface area (Å²) < 4.78 is 21.5. The number of pyridine rings is 1. The minimum atomic E-state index is -0.275. The van der Waals surface area contributed by atoms with Crippen molar-refractivity contribution in [1.82, 2.24) is 9.55 Å². The van der Waals surface area contributed by atoms with Crippen molar-refractivity contribution in [3.05, 3.63) is 27.8 Å². The Bertz CT molecular complexity index is 544. The zero-order valence-electron chi connectivity index (χ0n) is 10.3. The maximum absolute atomic E-state index is 13.3. The summed E-state index contributed by atoms with van der Waals surface area (Å²) in [5, 5.41) is 0.838. The minimum absolute atomic E-state index is 0.275. The van der Waals surface area contributed by atoms with Gasteiger partial charge in [0, 0.05) is 11.6 Å². The second-order valence-electron chi connectivity index (χ2n) is 4.17. The quantitative estimate of drug-likeness (QED) is 0.453. The van der Waals surface area contributed by atoms with E-state index in [4.69, 9.17) is 4.74 Å². The molecule has 0 aliphatic carbocycles. The highest BCUT2D eigenvalue weighted by Crippen LogP contribution is 2.22. The van der Waals surface area contributed by atoms with Crippen LogP contribution >= 0.6 is 22.6 Å². The molecule has 2 rings (SSSR count). The molecule has 0 aromatic carbocycles. The number of aromatic nitrogens is 2. The summed E-state index contributed by atoms with van der Waals surface area (Å²) in [4.78, 5) is 4.12. The Morgan fingerprint density at radius 1 is 1.50 bits per heavy atom. The van der Waals surface area contributed by atoms with Crippen molar-refractivity contribution in [2.75, 3.05) is 24.9 Å². The minimum Gasteiger partial charge on any atom is -0.356 e. The number of hydrogen-bond acceptors (Lipinski definition) is 2. The predicted molar refractivity (Wildman–Crippen MR) is 82.4 cm³/mol. The largest absolute Gasteiger partial charge is 0.356 e. The van der Waals surface area contributed by atoms with Gasteiger partial charge in [-0.15, -0.1) is 0 Å². The highest BCUT2D eigenvalue weighted by atomic mass is 127. The van der Waals surface area contributed by atoms with Gasteiger partial charge in [-0.25, -0.2) is 9.37 Å². The highest BCUT2D eigenvalue weighted by Gasteiger charge is 2.10. The van der Waals surface area contributed by atoms with Crippen molar-refractivity contribution in [2.24, 2.45) is 0 Å². The molecule has 0 aliphatic heterocycles. The summed E-state index contributed by atoms with van der Waals surface area (Å²) in [6.07, 6.45) is 7.54. The Morgan fingerprint density at radius 2 is 2.28 bits per heavy atom. The summed E-state index contributed by atoms with van der Waals surface area (Å²) in [5.74, 6) is 0.793. The van der Waals surface area contributed by atoms with E-state index in [-0.39, 0.29) is 5.82 Å². The van der Waals surface area contributed by atoms with Gasteiger partial charge in [0.15, 0.2) is 5.82 Å². The van der Waals surface area contributed by atoms with Crippen molar-refractivity contribution in [3.8, 4) is 0 Å². The van der Waals surface area contributed by atoms with E-state index in [9.17, 15) is 4.39 Å². The van der Waals surface area contributed by atoms with Crippen LogP contribution in [0.15, 0.2) is 18.5 Å². The molecule has 0 atom stereocenters. The Kier molecular flexibility index (Phi) is 4.85. The summed E-state index contributed by atoms with van der Waals surface area (Å²) in [6, 6.07) is 1.88. The first-order valence-corrected chi connectivity index (χ1v) is 8.79. The molecule has 0 fully saturated rings. The molecule has 2 aromatic rings. The third kappa shape index (κ3) is 3.16. The van der Waals surface area contributed by atoms with Crippen LogP contribution in [0.4, 0.5) is 4.39 Å². The molecule has 0 radical (unpaired) electrons. The lowest BCUT2D eigenvalue weighted by atomic mass is 10.3. The van der Waals surface area contributed by atoms with Crippen LogP contribution in [0.2, 0.25) is 0 Å². The predicted octanol–water partition coefficient (Wildman–Crippen LogP) is 2.63. The van der Waals surface area contributed by atoms with Gasteiger partial charge >= 0.3 is 0 Å². The van der Waals surface area contributed by atoms with E-state index >= 15 is 0 Å². The van der Waals surface area contributed by atoms with E-state index in [1.807, 2.05) is 39.4 Å². The SMILES string of the molecule is C[S+](C)CCOCn1ccc2c(I)c(F)cnc21. The average molecular weight is 381 g/mol. The summed E-state index contributed by atoms with van der Waals surface area (Å²) >= 11 is 2.00. The lowest BCUT2D eigenvalue weighted by molar-refractivity contribution is 0.0924. The van der Waals surface area contributed by atoms with E-state index in [0.717, 1.165) is 23.4 Å². The van der Waals surface area contributed by atoms with Crippen LogP contribution in [-0.2, 0) is 22.4 Å². The number of fused-ring (bicyclic) bond motifs is 1. The fourth-order valence-corrected chi connectivity index (χ4v) is 2.59. The van der Waals surface area contributed by atoms with Gasteiger partial charge in [-0.2, -0.15) is 0 Å². The molecule has 0 saturated carbocycles. The monoisotopic (exact) mass is 381 g/mol. The molecule has 98 valence electrons. The summed E-state index contributed by atoms with van der Waals surface area (Å²) in [7, 11) is 0.402. The number of nitrogens with zero attached hydrogens (tertiary/aromatic N) is 2. The summed E-state index contributed by atoms with van der Waals surface area (Å²) in [5.41, 5.74) is 0.771. The molecule has 0 N–H and O–H groups in total. The third-order valence-corrected chi connectivity index (χ3v) is 4.63. The molecule has 3 nitrogen and oxygen atoms in total. The maximum atomic E-state index is 13.3. The van der Waals surface area contributed by atoms with Crippen LogP contribution in [0.1, 0.15) is 0 Å². The Balaban J connectivity index is 2.08. The molecule has 0 spiro atoms. The van der Waals surface area contributed by atoms with Gasteiger partial charge in [-0.05, 0) is 39.6 Å². The first kappa shape index (κ1) is 14.1. The van der Waals surface area contributed by atoms with Gasteiger partial charge in [0.05, 0.1) is 28.9 Å². The van der Waals surface area contributed by atoms with Crippen LogP contribution in [0.25, 0.3) is 11.0 Å². The number of ether oxygens (including phenoxy) is 1. The second kappa shape index (κ2) is 6.21. The average Bonchev–Trinajstić information content (AvgIpc) is 2.73. The van der Waals surface area contributed by atoms with Gasteiger partial charge in [0.25, 0.3) is 0 Å². The third-order valence-electron chi connectivity index (χ3n) is 2.55. The number of hydrogen-bond donors (Lipinski definition) is 0. The smallest absolute Gasteiger partial charge is 0.155 e. The standard InChI is InChI=1S/C12H15FIN2OS/c1-18(2)6-5-17-8-16-4-3-9-11(14)10(13)7-15-12(9)16/h3-4,7H,5-6,8H2,1-2H3/q+1. The van der Waals surface area contributed by atoms with Gasteiger partial charge in [0.1, 0.15) is 18.1 Å². The Morgan fingerprint density at radius 3 is 3.00 bits per heavy atom. The van der Waals surface area contributed by atoms with E-state index in [1.165, 1.54) is 6.20 Å². The van der Waals surface area contributed by atoms with E-state index < -0.39 is 0 Å². The molecular weight excluding hydrogens is 366 g/mol. The summed E-state index contributed by atoms with van der Waals surface area (Å²) in [6.45, 7) is 1.21. The van der Waals surface area contributed by atoms with E-state index in [1.54, 1.807) is 0 Å². The van der Waals surface area contributed by atoms with Crippen molar-refractivity contribution >= 4 is 44.5 Å². The lowest BCUT2D eigenvalue weighted by Gasteiger charge is -2.06. The molecule has 18 heavy (non-hydrogen) atoms. The van der Waals surface area contributed by atoms with Gasteiger partial charge in [-0.3, -0.25) is 0 Å². The molecule has 0 bridgehead atoms. The van der Waals surface area contributed by atoms with Gasteiger partial charge in [0.2, 0.25) is 0 Å².